The highest BCUT2D eigenvalue weighted by Crippen LogP contribution is 2.29. The molecule has 0 aliphatic rings. The summed E-state index contributed by atoms with van der Waals surface area (Å²) in [5.74, 6) is 0.158. The third kappa shape index (κ3) is 5.70. The van der Waals surface area contributed by atoms with E-state index in [9.17, 15) is 8.78 Å². The molecular weight excluding hydrogens is 429 g/mol. The molecule has 28 heavy (non-hydrogen) atoms. The minimum absolute atomic E-state index is 0. The van der Waals surface area contributed by atoms with E-state index >= 15 is 0 Å². The lowest BCUT2D eigenvalue weighted by molar-refractivity contribution is 0.354. The van der Waals surface area contributed by atoms with E-state index in [0.717, 1.165) is 18.1 Å². The SMILES string of the molecule is COc1ccc(CCNc2nc(-c3ccc(F)cc3F)cs2)cc1OC.Cl.Cl. The first kappa shape index (κ1) is 23.9. The van der Waals surface area contributed by atoms with Crippen LogP contribution in [0.4, 0.5) is 13.9 Å². The van der Waals surface area contributed by atoms with Crippen LogP contribution in [-0.4, -0.2) is 25.7 Å². The molecule has 1 aromatic heterocycles. The highest BCUT2D eigenvalue weighted by Gasteiger charge is 2.10. The Labute approximate surface area is 178 Å². The van der Waals surface area contributed by atoms with E-state index < -0.39 is 11.6 Å². The zero-order chi connectivity index (χ0) is 18.5. The van der Waals surface area contributed by atoms with Crippen LogP contribution in [0.3, 0.4) is 0 Å². The molecule has 0 fully saturated rings. The van der Waals surface area contributed by atoms with Crippen molar-refractivity contribution in [2.45, 2.75) is 6.42 Å². The number of hydrogen-bond acceptors (Lipinski definition) is 5. The largest absolute Gasteiger partial charge is 0.493 e. The Morgan fingerprint density at radius 1 is 1.00 bits per heavy atom. The van der Waals surface area contributed by atoms with E-state index in [-0.39, 0.29) is 30.4 Å². The summed E-state index contributed by atoms with van der Waals surface area (Å²) in [4.78, 5) is 4.36. The van der Waals surface area contributed by atoms with E-state index in [1.165, 1.54) is 23.5 Å². The van der Waals surface area contributed by atoms with Gasteiger partial charge in [-0.15, -0.1) is 36.2 Å². The fourth-order valence-electron chi connectivity index (χ4n) is 2.53. The van der Waals surface area contributed by atoms with E-state index in [1.54, 1.807) is 19.6 Å². The van der Waals surface area contributed by atoms with Crippen molar-refractivity contribution in [1.82, 2.24) is 4.98 Å². The second kappa shape index (κ2) is 11.0. The van der Waals surface area contributed by atoms with Crippen LogP contribution in [0.15, 0.2) is 41.8 Å². The van der Waals surface area contributed by atoms with Gasteiger partial charge in [-0.2, -0.15) is 0 Å². The molecule has 1 N–H and O–H groups in total. The maximum Gasteiger partial charge on any atom is 0.183 e. The molecule has 3 aromatic rings. The molecule has 0 unspecified atom stereocenters. The number of hydrogen-bond donors (Lipinski definition) is 1. The second-order valence-corrected chi connectivity index (χ2v) is 6.39. The van der Waals surface area contributed by atoms with Crippen LogP contribution >= 0.6 is 36.2 Å². The van der Waals surface area contributed by atoms with Crippen LogP contribution in [0.5, 0.6) is 11.5 Å². The Balaban J connectivity index is 0.00000196. The van der Waals surface area contributed by atoms with Gasteiger partial charge >= 0.3 is 0 Å². The number of halogens is 4. The summed E-state index contributed by atoms with van der Waals surface area (Å²) in [5, 5.41) is 5.65. The number of aromatic nitrogens is 1. The van der Waals surface area contributed by atoms with Gasteiger partial charge in [0.2, 0.25) is 0 Å². The van der Waals surface area contributed by atoms with Gasteiger partial charge in [-0.3, -0.25) is 0 Å². The molecule has 0 radical (unpaired) electrons. The summed E-state index contributed by atoms with van der Waals surface area (Å²) in [6.07, 6.45) is 0.764. The minimum atomic E-state index is -0.618. The third-order valence-corrected chi connectivity index (χ3v) is 4.65. The molecule has 9 heteroatoms. The summed E-state index contributed by atoms with van der Waals surface area (Å²) < 4.78 is 37.4. The zero-order valence-electron chi connectivity index (χ0n) is 15.2. The average molecular weight is 449 g/mol. The first-order valence-corrected chi connectivity index (χ1v) is 8.84. The lowest BCUT2D eigenvalue weighted by atomic mass is 10.1. The Kier molecular flexibility index (Phi) is 9.45. The summed E-state index contributed by atoms with van der Waals surface area (Å²) in [6.45, 7) is 0.661. The highest BCUT2D eigenvalue weighted by atomic mass is 35.5. The van der Waals surface area contributed by atoms with Gasteiger partial charge in [0.1, 0.15) is 11.6 Å². The maximum atomic E-state index is 13.8. The molecule has 0 spiro atoms. The Bertz CT molecular complexity index is 909. The van der Waals surface area contributed by atoms with E-state index in [0.29, 0.717) is 28.9 Å². The molecule has 0 atom stereocenters. The molecule has 0 saturated heterocycles. The van der Waals surface area contributed by atoms with Gasteiger partial charge in [0.25, 0.3) is 0 Å². The number of ether oxygens (including phenoxy) is 2. The maximum absolute atomic E-state index is 13.8. The zero-order valence-corrected chi connectivity index (χ0v) is 17.6. The molecule has 0 aliphatic heterocycles. The number of thiazole rings is 1. The number of rotatable bonds is 7. The van der Waals surface area contributed by atoms with E-state index in [1.807, 2.05) is 18.2 Å². The fraction of sp³-hybridized carbons (Fsp3) is 0.211. The summed E-state index contributed by atoms with van der Waals surface area (Å²) in [6, 6.07) is 9.26. The van der Waals surface area contributed by atoms with E-state index in [2.05, 4.69) is 10.3 Å². The van der Waals surface area contributed by atoms with Crippen LogP contribution in [0.25, 0.3) is 11.3 Å². The first-order chi connectivity index (χ1) is 12.6. The van der Waals surface area contributed by atoms with Gasteiger partial charge in [-0.1, -0.05) is 6.07 Å². The lowest BCUT2D eigenvalue weighted by Gasteiger charge is -2.09. The smallest absolute Gasteiger partial charge is 0.183 e. The van der Waals surface area contributed by atoms with Crippen molar-refractivity contribution in [2.75, 3.05) is 26.1 Å². The van der Waals surface area contributed by atoms with Crippen LogP contribution in [-0.2, 0) is 6.42 Å². The van der Waals surface area contributed by atoms with Crippen molar-refractivity contribution in [3.63, 3.8) is 0 Å². The standard InChI is InChI=1S/C19H18F2N2O2S.2ClH/c1-24-17-6-3-12(9-18(17)25-2)7-8-22-19-23-16(11-26-19)14-5-4-13(20)10-15(14)21;;/h3-6,9-11H,7-8H2,1-2H3,(H,22,23);2*1H. The average Bonchev–Trinajstić information content (AvgIpc) is 3.10. The molecular formula is C19H20Cl2F2N2O2S. The predicted molar refractivity (Wildman–Crippen MR) is 114 cm³/mol. The van der Waals surface area contributed by atoms with Crippen molar-refractivity contribution >= 4 is 41.3 Å². The van der Waals surface area contributed by atoms with Gasteiger partial charge in [0, 0.05) is 23.6 Å². The lowest BCUT2D eigenvalue weighted by Crippen LogP contribution is -2.05. The van der Waals surface area contributed by atoms with Crippen LogP contribution in [0.1, 0.15) is 5.56 Å². The number of benzene rings is 2. The van der Waals surface area contributed by atoms with Crippen molar-refractivity contribution in [3.8, 4) is 22.8 Å². The molecule has 2 aromatic carbocycles. The molecule has 0 amide bonds. The van der Waals surface area contributed by atoms with Crippen LogP contribution in [0.2, 0.25) is 0 Å². The van der Waals surface area contributed by atoms with Crippen LogP contribution < -0.4 is 14.8 Å². The molecule has 0 bridgehead atoms. The van der Waals surface area contributed by atoms with Gasteiger partial charge in [0.15, 0.2) is 16.6 Å². The summed E-state index contributed by atoms with van der Waals surface area (Å²) in [5.41, 5.74) is 1.87. The first-order valence-electron chi connectivity index (χ1n) is 7.96. The van der Waals surface area contributed by atoms with Crippen molar-refractivity contribution < 1.29 is 18.3 Å². The third-order valence-electron chi connectivity index (χ3n) is 3.85. The highest BCUT2D eigenvalue weighted by molar-refractivity contribution is 7.14. The Morgan fingerprint density at radius 3 is 2.43 bits per heavy atom. The second-order valence-electron chi connectivity index (χ2n) is 5.53. The number of anilines is 1. The van der Waals surface area contributed by atoms with Crippen molar-refractivity contribution in [2.24, 2.45) is 0 Å². The Hall–Kier alpha value is -2.09. The Morgan fingerprint density at radius 2 is 1.75 bits per heavy atom. The molecule has 1 heterocycles. The van der Waals surface area contributed by atoms with Crippen LogP contribution in [0, 0.1) is 11.6 Å². The van der Waals surface area contributed by atoms with Crippen molar-refractivity contribution in [3.05, 3.63) is 59.0 Å². The molecule has 152 valence electrons. The van der Waals surface area contributed by atoms with Gasteiger partial charge in [-0.25, -0.2) is 13.8 Å². The van der Waals surface area contributed by atoms with E-state index in [4.69, 9.17) is 9.47 Å². The molecule has 3 rings (SSSR count). The minimum Gasteiger partial charge on any atom is -0.493 e. The molecule has 0 saturated carbocycles. The number of nitrogens with one attached hydrogen (secondary N) is 1. The monoisotopic (exact) mass is 448 g/mol. The number of nitrogens with zero attached hydrogens (tertiary/aromatic N) is 1. The summed E-state index contributed by atoms with van der Waals surface area (Å²) >= 11 is 1.38. The van der Waals surface area contributed by atoms with Gasteiger partial charge < -0.3 is 14.8 Å². The fourth-order valence-corrected chi connectivity index (χ4v) is 3.27. The quantitative estimate of drug-likeness (QED) is 0.510. The molecule has 4 nitrogen and oxygen atoms in total. The predicted octanol–water partition coefficient (Wildman–Crippen LogP) is 5.60. The number of methoxy groups -OCH3 is 2. The topological polar surface area (TPSA) is 43.4 Å². The van der Waals surface area contributed by atoms with Gasteiger partial charge in [0.05, 0.1) is 19.9 Å². The van der Waals surface area contributed by atoms with Gasteiger partial charge in [-0.05, 0) is 36.2 Å². The van der Waals surface area contributed by atoms with Crippen molar-refractivity contribution in [1.29, 1.82) is 0 Å². The molecule has 0 aliphatic carbocycles. The normalized spacial score (nSPS) is 9.86. The summed E-state index contributed by atoms with van der Waals surface area (Å²) in [7, 11) is 3.20.